The van der Waals surface area contributed by atoms with Gasteiger partial charge in [0.1, 0.15) is 12.4 Å². The Balaban J connectivity index is 1.60. The lowest BCUT2D eigenvalue weighted by molar-refractivity contribution is -0.124. The maximum atomic E-state index is 11.8. The van der Waals surface area contributed by atoms with Crippen LogP contribution in [-0.4, -0.2) is 38.4 Å². The molecule has 1 fully saturated rings. The summed E-state index contributed by atoms with van der Waals surface area (Å²) in [4.78, 5) is 20.0. The average molecular weight is 273 g/mol. The van der Waals surface area contributed by atoms with Crippen molar-refractivity contribution in [2.75, 3.05) is 11.9 Å². The maximum Gasteiger partial charge on any atom is 0.255 e. The number of rotatable bonds is 4. The number of carbonyl (C=O) groups excluding carboxylic acids is 1. The minimum absolute atomic E-state index is 0.179. The highest BCUT2D eigenvalue weighted by atomic mass is 16.5. The van der Waals surface area contributed by atoms with E-state index in [-0.39, 0.29) is 12.0 Å². The standard InChI is InChI=1S/C13H15N5O2/c19-12(11-4-2-6-20-11)16-13-15-9-18(17-13)8-10-3-1-5-14-7-10/h1,3,5,7,9,11H,2,4,6,8H2,(H,16,17,19)/t11-/m1/s1. The van der Waals surface area contributed by atoms with Crippen LogP contribution in [0.15, 0.2) is 30.9 Å². The number of nitrogens with zero attached hydrogens (tertiary/aromatic N) is 4. The van der Waals surface area contributed by atoms with E-state index in [1.165, 1.54) is 0 Å². The van der Waals surface area contributed by atoms with Crippen LogP contribution in [0.25, 0.3) is 0 Å². The van der Waals surface area contributed by atoms with Gasteiger partial charge in [0.2, 0.25) is 5.95 Å². The first-order valence-electron chi connectivity index (χ1n) is 6.52. The third kappa shape index (κ3) is 3.00. The number of nitrogens with one attached hydrogen (secondary N) is 1. The van der Waals surface area contributed by atoms with Gasteiger partial charge in [-0.15, -0.1) is 5.10 Å². The molecule has 0 saturated carbocycles. The van der Waals surface area contributed by atoms with E-state index in [0.717, 1.165) is 18.4 Å². The second-order valence-electron chi connectivity index (χ2n) is 4.62. The van der Waals surface area contributed by atoms with Crippen molar-refractivity contribution in [3.63, 3.8) is 0 Å². The molecule has 20 heavy (non-hydrogen) atoms. The molecule has 1 atom stereocenters. The molecule has 0 bridgehead atoms. The molecule has 7 nitrogen and oxygen atoms in total. The van der Waals surface area contributed by atoms with Crippen molar-refractivity contribution in [1.29, 1.82) is 0 Å². The van der Waals surface area contributed by atoms with Gasteiger partial charge in [-0.25, -0.2) is 9.67 Å². The molecule has 1 aliphatic heterocycles. The Morgan fingerprint density at radius 1 is 1.55 bits per heavy atom. The maximum absolute atomic E-state index is 11.8. The molecule has 0 radical (unpaired) electrons. The Kier molecular flexibility index (Phi) is 3.69. The molecule has 1 N–H and O–H groups in total. The number of amides is 1. The summed E-state index contributed by atoms with van der Waals surface area (Å²) in [7, 11) is 0. The van der Waals surface area contributed by atoms with E-state index in [9.17, 15) is 4.79 Å². The fourth-order valence-electron chi connectivity index (χ4n) is 2.08. The van der Waals surface area contributed by atoms with Gasteiger partial charge in [0.15, 0.2) is 0 Å². The molecule has 0 spiro atoms. The lowest BCUT2D eigenvalue weighted by Crippen LogP contribution is -2.27. The van der Waals surface area contributed by atoms with Gasteiger partial charge in [0.25, 0.3) is 5.91 Å². The van der Waals surface area contributed by atoms with Gasteiger partial charge in [-0.3, -0.25) is 15.1 Å². The normalized spacial score (nSPS) is 18.1. The summed E-state index contributed by atoms with van der Waals surface area (Å²) in [6.07, 6.45) is 6.37. The van der Waals surface area contributed by atoms with Crippen LogP contribution in [0.5, 0.6) is 0 Å². The van der Waals surface area contributed by atoms with E-state index in [0.29, 0.717) is 19.1 Å². The molecule has 3 heterocycles. The quantitative estimate of drug-likeness (QED) is 0.892. The molecule has 1 aliphatic rings. The van der Waals surface area contributed by atoms with E-state index >= 15 is 0 Å². The predicted octanol–water partition coefficient (Wildman–Crippen LogP) is 0.839. The van der Waals surface area contributed by atoms with Gasteiger partial charge < -0.3 is 4.74 Å². The van der Waals surface area contributed by atoms with Gasteiger partial charge >= 0.3 is 0 Å². The molecule has 1 amide bonds. The zero-order valence-electron chi connectivity index (χ0n) is 10.9. The summed E-state index contributed by atoms with van der Waals surface area (Å²) in [6.45, 7) is 1.21. The summed E-state index contributed by atoms with van der Waals surface area (Å²) in [6, 6.07) is 3.83. The number of ether oxygens (including phenoxy) is 1. The summed E-state index contributed by atoms with van der Waals surface area (Å²) >= 11 is 0. The molecule has 1 saturated heterocycles. The predicted molar refractivity (Wildman–Crippen MR) is 71.0 cm³/mol. The summed E-state index contributed by atoms with van der Waals surface area (Å²) in [5.74, 6) is 0.121. The van der Waals surface area contributed by atoms with Crippen molar-refractivity contribution in [1.82, 2.24) is 19.7 Å². The Bertz CT molecular complexity index is 577. The summed E-state index contributed by atoms with van der Waals surface area (Å²) in [5, 5.41) is 6.87. The number of carbonyl (C=O) groups is 1. The fourth-order valence-corrected chi connectivity index (χ4v) is 2.08. The van der Waals surface area contributed by atoms with Crippen LogP contribution in [0, 0.1) is 0 Å². The summed E-state index contributed by atoms with van der Waals surface area (Å²) < 4.78 is 6.96. The monoisotopic (exact) mass is 273 g/mol. The van der Waals surface area contributed by atoms with Gasteiger partial charge in [0, 0.05) is 19.0 Å². The first-order chi connectivity index (χ1) is 9.81. The largest absolute Gasteiger partial charge is 0.368 e. The molecule has 0 aromatic carbocycles. The third-order valence-corrected chi connectivity index (χ3v) is 3.06. The van der Waals surface area contributed by atoms with E-state index in [2.05, 4.69) is 20.4 Å². The third-order valence-electron chi connectivity index (χ3n) is 3.06. The summed E-state index contributed by atoms with van der Waals surface area (Å²) in [5.41, 5.74) is 1.02. The number of aromatic nitrogens is 4. The van der Waals surface area contributed by atoms with Gasteiger partial charge in [-0.05, 0) is 24.5 Å². The molecule has 7 heteroatoms. The van der Waals surface area contributed by atoms with E-state index < -0.39 is 0 Å². The van der Waals surface area contributed by atoms with E-state index in [1.807, 2.05) is 12.1 Å². The molecular formula is C13H15N5O2. The average Bonchev–Trinajstić information content (AvgIpc) is 3.11. The van der Waals surface area contributed by atoms with Gasteiger partial charge in [0.05, 0.1) is 6.54 Å². The van der Waals surface area contributed by atoms with E-state index in [4.69, 9.17) is 4.74 Å². The molecule has 104 valence electrons. The van der Waals surface area contributed by atoms with E-state index in [1.54, 1.807) is 23.4 Å². The van der Waals surface area contributed by atoms with Crippen molar-refractivity contribution in [3.8, 4) is 0 Å². The van der Waals surface area contributed by atoms with Crippen LogP contribution in [-0.2, 0) is 16.1 Å². The molecule has 3 rings (SSSR count). The van der Waals surface area contributed by atoms with Crippen molar-refractivity contribution in [2.24, 2.45) is 0 Å². The van der Waals surface area contributed by atoms with Crippen LogP contribution in [0.3, 0.4) is 0 Å². The molecule has 2 aromatic rings. The van der Waals surface area contributed by atoms with Crippen molar-refractivity contribution in [2.45, 2.75) is 25.5 Å². The van der Waals surface area contributed by atoms with Gasteiger partial charge in [-0.1, -0.05) is 6.07 Å². The van der Waals surface area contributed by atoms with Crippen LogP contribution in [0.2, 0.25) is 0 Å². The van der Waals surface area contributed by atoms with Crippen molar-refractivity contribution < 1.29 is 9.53 Å². The zero-order chi connectivity index (χ0) is 13.8. The van der Waals surface area contributed by atoms with Crippen LogP contribution >= 0.6 is 0 Å². The Morgan fingerprint density at radius 3 is 3.25 bits per heavy atom. The van der Waals surface area contributed by atoms with Crippen LogP contribution < -0.4 is 5.32 Å². The topological polar surface area (TPSA) is 81.9 Å². The van der Waals surface area contributed by atoms with Crippen molar-refractivity contribution in [3.05, 3.63) is 36.4 Å². The minimum Gasteiger partial charge on any atom is -0.368 e. The van der Waals surface area contributed by atoms with Gasteiger partial charge in [-0.2, -0.15) is 0 Å². The highest BCUT2D eigenvalue weighted by Crippen LogP contribution is 2.13. The molecular weight excluding hydrogens is 258 g/mol. The first-order valence-corrected chi connectivity index (χ1v) is 6.52. The minimum atomic E-state index is -0.375. The fraction of sp³-hybridized carbons (Fsp3) is 0.385. The lowest BCUT2D eigenvalue weighted by atomic mass is 10.2. The molecule has 0 unspecified atom stereocenters. The highest BCUT2D eigenvalue weighted by Gasteiger charge is 2.24. The van der Waals surface area contributed by atoms with Crippen LogP contribution in [0.4, 0.5) is 5.95 Å². The van der Waals surface area contributed by atoms with Crippen LogP contribution in [0.1, 0.15) is 18.4 Å². The molecule has 2 aromatic heterocycles. The number of hydrogen-bond acceptors (Lipinski definition) is 5. The second-order valence-corrected chi connectivity index (χ2v) is 4.62. The first kappa shape index (κ1) is 12.7. The molecule has 0 aliphatic carbocycles. The smallest absolute Gasteiger partial charge is 0.255 e. The lowest BCUT2D eigenvalue weighted by Gasteiger charge is -2.07. The Labute approximate surface area is 116 Å². The Morgan fingerprint density at radius 2 is 2.50 bits per heavy atom. The highest BCUT2D eigenvalue weighted by molar-refractivity contribution is 5.92. The number of hydrogen-bond donors (Lipinski definition) is 1. The SMILES string of the molecule is O=C(Nc1ncn(Cc2cccnc2)n1)[C@H]1CCCO1. The number of pyridine rings is 1. The van der Waals surface area contributed by atoms with Crippen molar-refractivity contribution >= 4 is 11.9 Å². The second kappa shape index (κ2) is 5.79. The zero-order valence-corrected chi connectivity index (χ0v) is 10.9. The Hall–Kier alpha value is -2.28. The number of anilines is 1.